The number of nitrogens with zero attached hydrogens (tertiary/aromatic N) is 5. The molecule has 1 aromatic carbocycles. The van der Waals surface area contributed by atoms with Crippen LogP contribution in [0.5, 0.6) is 0 Å². The molecule has 3 aliphatic heterocycles. The Balaban J connectivity index is 1.30. The highest BCUT2D eigenvalue weighted by Crippen LogP contribution is 2.47. The van der Waals surface area contributed by atoms with E-state index in [1.165, 1.54) is 12.1 Å². The van der Waals surface area contributed by atoms with E-state index in [9.17, 15) is 13.2 Å². The second kappa shape index (κ2) is 10.7. The largest absolute Gasteiger partial charge is 0.380 e. The Morgan fingerprint density at radius 3 is 2.39 bits per heavy atom. The molecule has 1 atom stereocenters. The topological polar surface area (TPSA) is 56.8 Å². The monoisotopic (exact) mass is 574 g/mol. The van der Waals surface area contributed by atoms with E-state index in [4.69, 9.17) is 9.72 Å². The number of ether oxygens (including phenoxy) is 1. The van der Waals surface area contributed by atoms with E-state index in [2.05, 4.69) is 38.1 Å². The molecule has 0 bridgehead atoms. The zero-order valence-corrected chi connectivity index (χ0v) is 23.9. The number of benzene rings is 1. The minimum absolute atomic E-state index is 0.139. The average Bonchev–Trinajstić information content (AvgIpc) is 3.73. The molecule has 1 N–H and O–H groups in total. The fraction of sp³-hybridized carbons (Fsp3) is 0.600. The number of aryl methyl sites for hydroxylation is 1. The second-order valence-corrected chi connectivity index (χ2v) is 12.4. The highest BCUT2D eigenvalue weighted by molar-refractivity contribution is 5.70. The molecular weight excluding hydrogens is 536 g/mol. The van der Waals surface area contributed by atoms with Gasteiger partial charge in [-0.3, -0.25) is 4.90 Å². The number of aromatic nitrogens is 2. The van der Waals surface area contributed by atoms with Gasteiger partial charge in [0.1, 0.15) is 24.1 Å². The number of rotatable bonds is 9. The van der Waals surface area contributed by atoms with Crippen molar-refractivity contribution >= 4 is 11.5 Å². The maximum absolute atomic E-state index is 15.0. The van der Waals surface area contributed by atoms with Crippen LogP contribution in [0, 0.1) is 18.2 Å². The van der Waals surface area contributed by atoms with Gasteiger partial charge in [0.05, 0.1) is 41.7 Å². The van der Waals surface area contributed by atoms with E-state index in [0.29, 0.717) is 18.2 Å². The van der Waals surface area contributed by atoms with E-state index in [1.807, 2.05) is 0 Å². The standard InChI is InChI=1S/C30H38F4N6O/c1-19(21-5-4-6-22(25(21)32)27(33)34)35-28-23-13-40(30(15-31)7-8-30)14-24(26(23)36-20(2)37-28)39-11-9-38(10-12-39)16-29(3)17-41-18-29/h4-6,14,19,27H,7-13,15-18H2,1-3H3,(H,35,36,37)/t19-/m1/s1. The van der Waals surface area contributed by atoms with Crippen molar-refractivity contribution in [2.75, 3.05) is 57.9 Å². The Morgan fingerprint density at radius 2 is 1.78 bits per heavy atom. The lowest BCUT2D eigenvalue weighted by Gasteiger charge is -2.46. The maximum atomic E-state index is 15.0. The van der Waals surface area contributed by atoms with Crippen molar-refractivity contribution < 1.29 is 22.3 Å². The van der Waals surface area contributed by atoms with Crippen molar-refractivity contribution in [2.45, 2.75) is 58.2 Å². The Kier molecular flexibility index (Phi) is 7.38. The maximum Gasteiger partial charge on any atom is 0.266 e. The van der Waals surface area contributed by atoms with Gasteiger partial charge in [-0.1, -0.05) is 25.1 Å². The molecule has 4 aliphatic rings. The first-order valence-corrected chi connectivity index (χ1v) is 14.4. The first-order valence-electron chi connectivity index (χ1n) is 14.4. The third kappa shape index (κ3) is 5.38. The van der Waals surface area contributed by atoms with Crippen LogP contribution in [0.1, 0.15) is 67.4 Å². The van der Waals surface area contributed by atoms with Crippen molar-refractivity contribution in [1.29, 1.82) is 0 Å². The van der Waals surface area contributed by atoms with E-state index < -0.39 is 36.1 Å². The molecule has 0 radical (unpaired) electrons. The molecule has 2 aromatic rings. The minimum Gasteiger partial charge on any atom is -0.380 e. The number of hydrogen-bond acceptors (Lipinski definition) is 7. The smallest absolute Gasteiger partial charge is 0.266 e. The van der Waals surface area contributed by atoms with Gasteiger partial charge in [0.2, 0.25) is 0 Å². The summed E-state index contributed by atoms with van der Waals surface area (Å²) in [5.41, 5.74) is 1.74. The quantitative estimate of drug-likeness (QED) is 0.408. The van der Waals surface area contributed by atoms with Gasteiger partial charge in [0.25, 0.3) is 6.43 Å². The van der Waals surface area contributed by atoms with Gasteiger partial charge in [-0.05, 0) is 26.7 Å². The lowest BCUT2D eigenvalue weighted by atomic mass is 9.88. The molecule has 1 aromatic heterocycles. The number of piperazine rings is 1. The van der Waals surface area contributed by atoms with E-state index in [1.54, 1.807) is 13.8 Å². The minimum atomic E-state index is -2.90. The molecule has 0 unspecified atom stereocenters. The van der Waals surface area contributed by atoms with Crippen molar-refractivity contribution in [3.8, 4) is 0 Å². The van der Waals surface area contributed by atoms with Gasteiger partial charge in [-0.25, -0.2) is 27.5 Å². The van der Waals surface area contributed by atoms with E-state index >= 15 is 4.39 Å². The highest BCUT2D eigenvalue weighted by atomic mass is 19.3. The zero-order chi connectivity index (χ0) is 28.9. The summed E-state index contributed by atoms with van der Waals surface area (Å²) in [4.78, 5) is 16.4. The van der Waals surface area contributed by atoms with Gasteiger partial charge in [-0.15, -0.1) is 0 Å². The number of fused-ring (bicyclic) bond motifs is 1. The summed E-state index contributed by atoms with van der Waals surface area (Å²) in [6.07, 6.45) is 0.707. The van der Waals surface area contributed by atoms with Crippen LogP contribution in [0.2, 0.25) is 0 Å². The lowest BCUT2D eigenvalue weighted by Crippen LogP contribution is -2.54. The Hall–Kier alpha value is -2.92. The highest BCUT2D eigenvalue weighted by Gasteiger charge is 2.49. The van der Waals surface area contributed by atoms with Crippen LogP contribution >= 0.6 is 0 Å². The van der Waals surface area contributed by atoms with E-state index in [0.717, 1.165) is 81.8 Å². The molecule has 1 saturated carbocycles. The molecule has 2 saturated heterocycles. The summed E-state index contributed by atoms with van der Waals surface area (Å²) in [5, 5.41) is 3.29. The number of anilines is 1. The molecule has 4 heterocycles. The number of alkyl halides is 3. The van der Waals surface area contributed by atoms with Crippen LogP contribution in [0.25, 0.3) is 5.70 Å². The van der Waals surface area contributed by atoms with Crippen LogP contribution in [-0.4, -0.2) is 82.8 Å². The summed E-state index contributed by atoms with van der Waals surface area (Å²) >= 11 is 0. The SMILES string of the molecule is Cc1nc(N[C@H](C)c2cccc(C(F)F)c2F)c2c(n1)C(N1CCN(CC3(C)COC3)CC1)=CN(C1(CF)CC1)C2. The van der Waals surface area contributed by atoms with Crippen LogP contribution in [0.15, 0.2) is 24.4 Å². The first-order chi connectivity index (χ1) is 19.6. The number of nitrogens with one attached hydrogen (secondary N) is 1. The van der Waals surface area contributed by atoms with Gasteiger partial charge >= 0.3 is 0 Å². The zero-order valence-electron chi connectivity index (χ0n) is 23.9. The van der Waals surface area contributed by atoms with Crippen molar-refractivity contribution in [1.82, 2.24) is 24.7 Å². The molecule has 0 spiro atoms. The molecular formula is C30H38F4N6O. The molecule has 1 aliphatic carbocycles. The number of hydrogen-bond donors (Lipinski definition) is 1. The van der Waals surface area contributed by atoms with Crippen molar-refractivity contribution in [2.24, 2.45) is 5.41 Å². The number of halogens is 4. The van der Waals surface area contributed by atoms with Crippen LogP contribution in [-0.2, 0) is 11.3 Å². The Bertz CT molecular complexity index is 1320. The average molecular weight is 575 g/mol. The van der Waals surface area contributed by atoms with Crippen LogP contribution < -0.4 is 5.32 Å². The summed E-state index contributed by atoms with van der Waals surface area (Å²) in [6.45, 7) is 11.8. The first kappa shape index (κ1) is 28.2. The van der Waals surface area contributed by atoms with Crippen molar-refractivity contribution in [3.05, 3.63) is 58.4 Å². The Morgan fingerprint density at radius 1 is 1.07 bits per heavy atom. The summed E-state index contributed by atoms with van der Waals surface area (Å²) < 4.78 is 61.5. The summed E-state index contributed by atoms with van der Waals surface area (Å²) in [6, 6.07) is 3.42. The molecule has 41 heavy (non-hydrogen) atoms. The normalized spacial score (nSPS) is 22.2. The fourth-order valence-electron chi connectivity index (χ4n) is 6.26. The van der Waals surface area contributed by atoms with Gasteiger partial charge in [-0.2, -0.15) is 0 Å². The third-order valence-electron chi connectivity index (χ3n) is 8.99. The lowest BCUT2D eigenvalue weighted by molar-refractivity contribution is -0.117. The summed E-state index contributed by atoms with van der Waals surface area (Å²) in [7, 11) is 0. The molecule has 3 fully saturated rings. The molecule has 7 nitrogen and oxygen atoms in total. The van der Waals surface area contributed by atoms with Gasteiger partial charge in [0, 0.05) is 62.0 Å². The van der Waals surface area contributed by atoms with Crippen molar-refractivity contribution in [3.63, 3.8) is 0 Å². The predicted molar refractivity (Wildman–Crippen MR) is 149 cm³/mol. The van der Waals surface area contributed by atoms with Crippen LogP contribution in [0.4, 0.5) is 23.4 Å². The van der Waals surface area contributed by atoms with Crippen LogP contribution in [0.3, 0.4) is 0 Å². The third-order valence-corrected chi connectivity index (χ3v) is 8.99. The predicted octanol–water partition coefficient (Wildman–Crippen LogP) is 5.31. The fourth-order valence-corrected chi connectivity index (χ4v) is 6.26. The molecule has 6 rings (SSSR count). The van der Waals surface area contributed by atoms with E-state index in [-0.39, 0.29) is 11.0 Å². The van der Waals surface area contributed by atoms with Gasteiger partial charge < -0.3 is 19.9 Å². The second-order valence-electron chi connectivity index (χ2n) is 12.4. The molecule has 222 valence electrons. The Labute approximate surface area is 238 Å². The summed E-state index contributed by atoms with van der Waals surface area (Å²) in [5.74, 6) is 0.144. The molecule has 11 heteroatoms. The van der Waals surface area contributed by atoms with Gasteiger partial charge in [0.15, 0.2) is 0 Å². The molecule has 0 amide bonds.